The first-order valence-electron chi connectivity index (χ1n) is 8.79. The highest BCUT2D eigenvalue weighted by Gasteiger charge is 2.35. The van der Waals surface area contributed by atoms with E-state index in [0.717, 1.165) is 36.2 Å². The number of rotatable bonds is 4. The molecule has 1 fully saturated rings. The molecule has 4 rings (SSSR count). The van der Waals surface area contributed by atoms with Crippen molar-refractivity contribution in [3.05, 3.63) is 59.4 Å². The average Bonchev–Trinajstić information content (AvgIpc) is 3.29. The molecule has 0 saturated carbocycles. The van der Waals surface area contributed by atoms with Crippen LogP contribution in [0.2, 0.25) is 5.02 Å². The van der Waals surface area contributed by atoms with E-state index in [4.69, 9.17) is 16.3 Å². The molecule has 3 aromatic rings. The van der Waals surface area contributed by atoms with Gasteiger partial charge in [-0.2, -0.15) is 0 Å². The molecule has 0 radical (unpaired) electrons. The summed E-state index contributed by atoms with van der Waals surface area (Å²) in [4.78, 5) is 22.9. The number of para-hydroxylation sites is 2. The van der Waals surface area contributed by atoms with Gasteiger partial charge in [0.25, 0.3) is 5.91 Å². The predicted octanol–water partition coefficient (Wildman–Crippen LogP) is 4.35. The number of likely N-dealkylation sites (tertiary alicyclic amines) is 1. The summed E-state index contributed by atoms with van der Waals surface area (Å²) >= 11 is 5.89. The van der Waals surface area contributed by atoms with Crippen LogP contribution in [0.25, 0.3) is 11.0 Å². The number of benzene rings is 2. The first-order valence-corrected chi connectivity index (χ1v) is 9.17. The quantitative estimate of drug-likeness (QED) is 0.743. The fraction of sp³-hybridized carbons (Fsp3) is 0.300. The van der Waals surface area contributed by atoms with E-state index in [9.17, 15) is 4.79 Å². The first kappa shape index (κ1) is 16.9. The maximum Gasteiger partial charge on any atom is 0.263 e. The molecule has 2 aromatic carbocycles. The number of aromatic nitrogens is 2. The SMILES string of the molecule is C[C@H](Oc1ccc(Cl)cc1)C(=O)N1CCC[C@@H]1c1nc2ccccc2[nH]1. The molecule has 2 atom stereocenters. The van der Waals surface area contributed by atoms with E-state index < -0.39 is 6.10 Å². The van der Waals surface area contributed by atoms with Crippen molar-refractivity contribution < 1.29 is 9.53 Å². The molecule has 1 amide bonds. The summed E-state index contributed by atoms with van der Waals surface area (Å²) in [5, 5.41) is 0.640. The number of carbonyl (C=O) groups excluding carboxylic acids is 1. The van der Waals surface area contributed by atoms with Crippen molar-refractivity contribution in [1.29, 1.82) is 0 Å². The van der Waals surface area contributed by atoms with E-state index in [0.29, 0.717) is 10.8 Å². The van der Waals surface area contributed by atoms with Crippen molar-refractivity contribution in [3.8, 4) is 5.75 Å². The highest BCUT2D eigenvalue weighted by atomic mass is 35.5. The summed E-state index contributed by atoms with van der Waals surface area (Å²) in [6.07, 6.45) is 1.29. The number of nitrogens with one attached hydrogen (secondary N) is 1. The molecule has 1 aliphatic heterocycles. The minimum Gasteiger partial charge on any atom is -0.481 e. The van der Waals surface area contributed by atoms with E-state index in [2.05, 4.69) is 9.97 Å². The molecule has 1 N–H and O–H groups in total. The number of H-pyrrole nitrogens is 1. The Hall–Kier alpha value is -2.53. The van der Waals surface area contributed by atoms with Crippen molar-refractivity contribution in [2.75, 3.05) is 6.54 Å². The van der Waals surface area contributed by atoms with E-state index in [-0.39, 0.29) is 11.9 Å². The lowest BCUT2D eigenvalue weighted by Gasteiger charge is -2.26. The molecule has 26 heavy (non-hydrogen) atoms. The summed E-state index contributed by atoms with van der Waals surface area (Å²) in [5.41, 5.74) is 1.92. The fourth-order valence-corrected chi connectivity index (χ4v) is 3.57. The molecule has 0 bridgehead atoms. The first-order chi connectivity index (χ1) is 12.6. The normalized spacial score (nSPS) is 18.2. The van der Waals surface area contributed by atoms with E-state index in [1.54, 1.807) is 31.2 Å². The lowest BCUT2D eigenvalue weighted by Crippen LogP contribution is -2.40. The summed E-state index contributed by atoms with van der Waals surface area (Å²) in [7, 11) is 0. The molecule has 1 aliphatic rings. The van der Waals surface area contributed by atoms with Crippen molar-refractivity contribution >= 4 is 28.5 Å². The smallest absolute Gasteiger partial charge is 0.263 e. The number of nitrogens with zero attached hydrogens (tertiary/aromatic N) is 2. The molecule has 0 aliphatic carbocycles. The van der Waals surface area contributed by atoms with Crippen LogP contribution in [0.3, 0.4) is 0 Å². The van der Waals surface area contributed by atoms with Crippen LogP contribution in [0.5, 0.6) is 5.75 Å². The van der Waals surface area contributed by atoms with Gasteiger partial charge >= 0.3 is 0 Å². The number of ether oxygens (including phenoxy) is 1. The molecule has 5 nitrogen and oxygen atoms in total. The van der Waals surface area contributed by atoms with Gasteiger partial charge in [0.15, 0.2) is 6.10 Å². The Balaban J connectivity index is 1.51. The molecule has 1 aromatic heterocycles. The van der Waals surface area contributed by atoms with Gasteiger partial charge in [0.2, 0.25) is 0 Å². The molecule has 0 spiro atoms. The molecule has 1 saturated heterocycles. The Kier molecular flexibility index (Phi) is 4.55. The van der Waals surface area contributed by atoms with Crippen LogP contribution in [-0.4, -0.2) is 33.4 Å². The largest absolute Gasteiger partial charge is 0.481 e. The maximum absolute atomic E-state index is 12.9. The summed E-state index contributed by atoms with van der Waals surface area (Å²) in [6.45, 7) is 2.50. The summed E-state index contributed by atoms with van der Waals surface area (Å²) in [6, 6.07) is 14.9. The Morgan fingerprint density at radius 1 is 1.27 bits per heavy atom. The second-order valence-electron chi connectivity index (χ2n) is 6.54. The zero-order chi connectivity index (χ0) is 18.1. The van der Waals surface area contributed by atoms with Crippen molar-refractivity contribution in [3.63, 3.8) is 0 Å². The van der Waals surface area contributed by atoms with Gasteiger partial charge in [-0.1, -0.05) is 23.7 Å². The molecule has 0 unspecified atom stereocenters. The van der Waals surface area contributed by atoms with Gasteiger partial charge in [0.05, 0.1) is 17.1 Å². The predicted molar refractivity (Wildman–Crippen MR) is 101 cm³/mol. The Morgan fingerprint density at radius 2 is 2.04 bits per heavy atom. The lowest BCUT2D eigenvalue weighted by molar-refractivity contribution is -0.139. The van der Waals surface area contributed by atoms with Crippen molar-refractivity contribution in [1.82, 2.24) is 14.9 Å². The highest BCUT2D eigenvalue weighted by Crippen LogP contribution is 2.32. The van der Waals surface area contributed by atoms with Gasteiger partial charge < -0.3 is 14.6 Å². The maximum atomic E-state index is 12.9. The molecular weight excluding hydrogens is 350 g/mol. The molecular formula is C20H20ClN3O2. The lowest BCUT2D eigenvalue weighted by atomic mass is 10.2. The third kappa shape index (κ3) is 3.27. The number of amides is 1. The number of hydrogen-bond acceptors (Lipinski definition) is 3. The van der Waals surface area contributed by atoms with Crippen LogP contribution in [0.15, 0.2) is 48.5 Å². The van der Waals surface area contributed by atoms with Crippen LogP contribution >= 0.6 is 11.6 Å². The second kappa shape index (κ2) is 7.00. The zero-order valence-corrected chi connectivity index (χ0v) is 15.2. The average molecular weight is 370 g/mol. The van der Waals surface area contributed by atoms with Gasteiger partial charge in [0, 0.05) is 11.6 Å². The number of halogens is 1. The minimum absolute atomic E-state index is 0.0251. The van der Waals surface area contributed by atoms with Gasteiger partial charge in [-0.3, -0.25) is 4.79 Å². The molecule has 6 heteroatoms. The topological polar surface area (TPSA) is 58.2 Å². The van der Waals surface area contributed by atoms with E-state index in [1.807, 2.05) is 29.2 Å². The third-order valence-corrected chi connectivity index (χ3v) is 4.99. The van der Waals surface area contributed by atoms with Gasteiger partial charge in [-0.05, 0) is 56.2 Å². The highest BCUT2D eigenvalue weighted by molar-refractivity contribution is 6.30. The van der Waals surface area contributed by atoms with Gasteiger partial charge in [-0.25, -0.2) is 4.98 Å². The van der Waals surface area contributed by atoms with Crippen LogP contribution in [0, 0.1) is 0 Å². The minimum atomic E-state index is -0.568. The van der Waals surface area contributed by atoms with Crippen LogP contribution in [0.1, 0.15) is 31.6 Å². The van der Waals surface area contributed by atoms with Crippen LogP contribution < -0.4 is 4.74 Å². The zero-order valence-electron chi connectivity index (χ0n) is 14.5. The standard InChI is InChI=1S/C20H20ClN3O2/c1-13(26-15-10-8-14(21)9-11-15)20(25)24-12-4-7-18(24)19-22-16-5-2-3-6-17(16)23-19/h2-3,5-6,8-11,13,18H,4,7,12H2,1H3,(H,22,23)/t13-,18+/m0/s1. The van der Waals surface area contributed by atoms with E-state index >= 15 is 0 Å². The monoisotopic (exact) mass is 369 g/mol. The number of hydrogen-bond donors (Lipinski definition) is 1. The van der Waals surface area contributed by atoms with Gasteiger partial charge in [-0.15, -0.1) is 0 Å². The van der Waals surface area contributed by atoms with Crippen molar-refractivity contribution in [2.45, 2.75) is 31.9 Å². The Morgan fingerprint density at radius 3 is 2.81 bits per heavy atom. The van der Waals surface area contributed by atoms with Crippen LogP contribution in [-0.2, 0) is 4.79 Å². The summed E-state index contributed by atoms with van der Waals surface area (Å²) in [5.74, 6) is 1.45. The van der Waals surface area contributed by atoms with Crippen LogP contribution in [0.4, 0.5) is 0 Å². The Labute approximate surface area is 156 Å². The number of aromatic amines is 1. The third-order valence-electron chi connectivity index (χ3n) is 4.73. The number of fused-ring (bicyclic) bond motifs is 1. The fourth-order valence-electron chi connectivity index (χ4n) is 3.45. The van der Waals surface area contributed by atoms with E-state index in [1.165, 1.54) is 0 Å². The number of imidazole rings is 1. The van der Waals surface area contributed by atoms with Crippen molar-refractivity contribution in [2.24, 2.45) is 0 Å². The molecule has 2 heterocycles. The summed E-state index contributed by atoms with van der Waals surface area (Å²) < 4.78 is 5.81. The second-order valence-corrected chi connectivity index (χ2v) is 6.98. The number of carbonyl (C=O) groups is 1. The Bertz CT molecular complexity index is 889. The molecule has 134 valence electrons. The van der Waals surface area contributed by atoms with Gasteiger partial charge in [0.1, 0.15) is 11.6 Å².